The minimum atomic E-state index is -3.50. The lowest BCUT2D eigenvalue weighted by Crippen LogP contribution is -2.39. The average molecular weight is 371 g/mol. The van der Waals surface area contributed by atoms with Crippen LogP contribution in [0.3, 0.4) is 0 Å². The van der Waals surface area contributed by atoms with E-state index in [-0.39, 0.29) is 5.92 Å². The predicted molar refractivity (Wildman–Crippen MR) is 98.2 cm³/mol. The Bertz CT molecular complexity index is 1040. The van der Waals surface area contributed by atoms with E-state index in [1.807, 2.05) is 26.1 Å². The maximum atomic E-state index is 13.0. The maximum absolute atomic E-state index is 13.0. The van der Waals surface area contributed by atoms with Crippen molar-refractivity contribution in [3.05, 3.63) is 47.9 Å². The summed E-state index contributed by atoms with van der Waals surface area (Å²) in [5.41, 5.74) is 3.36. The van der Waals surface area contributed by atoms with Gasteiger partial charge in [-0.25, -0.2) is 23.1 Å². The molecule has 2 aromatic heterocycles. The number of fused-ring (bicyclic) bond motifs is 1. The molecule has 26 heavy (non-hydrogen) atoms. The molecular formula is C18H21N5O2S. The molecule has 136 valence electrons. The third-order valence-electron chi connectivity index (χ3n) is 4.92. The standard InChI is InChI=1S/C18H21N5O2S/c1-13-5-7-15(8-6-13)26(24,25)23-11-3-4-14(12-23)16-17-18(22(2)21-16)20-10-9-19-17/h5-10,14H,3-4,11-12H2,1-2H3. The van der Waals surface area contributed by atoms with Crippen LogP contribution in [0.2, 0.25) is 0 Å². The van der Waals surface area contributed by atoms with Crippen LogP contribution in [0, 0.1) is 6.92 Å². The first-order chi connectivity index (χ1) is 12.5. The van der Waals surface area contributed by atoms with Crippen molar-refractivity contribution in [1.82, 2.24) is 24.1 Å². The van der Waals surface area contributed by atoms with Gasteiger partial charge in [0.25, 0.3) is 0 Å². The molecule has 0 saturated carbocycles. The zero-order valence-corrected chi connectivity index (χ0v) is 15.6. The lowest BCUT2D eigenvalue weighted by Gasteiger charge is -2.31. The summed E-state index contributed by atoms with van der Waals surface area (Å²) in [5, 5.41) is 4.58. The molecule has 1 fully saturated rings. The van der Waals surface area contributed by atoms with Crippen LogP contribution in [0.4, 0.5) is 0 Å². The highest BCUT2D eigenvalue weighted by molar-refractivity contribution is 7.89. The van der Waals surface area contributed by atoms with Gasteiger partial charge in [0.1, 0.15) is 5.52 Å². The molecule has 0 amide bonds. The SMILES string of the molecule is Cc1ccc(S(=O)(=O)N2CCCC(c3nn(C)c4nccnc34)C2)cc1. The summed E-state index contributed by atoms with van der Waals surface area (Å²) in [7, 11) is -1.67. The smallest absolute Gasteiger partial charge is 0.243 e. The van der Waals surface area contributed by atoms with Crippen molar-refractivity contribution in [3.8, 4) is 0 Å². The number of hydrogen-bond donors (Lipinski definition) is 0. The van der Waals surface area contributed by atoms with Crippen LogP contribution in [0.1, 0.15) is 30.0 Å². The monoisotopic (exact) mass is 371 g/mol. The zero-order chi connectivity index (χ0) is 18.3. The highest BCUT2D eigenvalue weighted by Crippen LogP contribution is 2.32. The molecule has 3 heterocycles. The second-order valence-corrected chi connectivity index (χ2v) is 8.69. The lowest BCUT2D eigenvalue weighted by molar-refractivity contribution is 0.312. The van der Waals surface area contributed by atoms with Crippen LogP contribution in [0.25, 0.3) is 11.2 Å². The van der Waals surface area contributed by atoms with Crippen LogP contribution in [-0.2, 0) is 17.1 Å². The Labute approximate surface area is 152 Å². The number of hydrogen-bond acceptors (Lipinski definition) is 5. The molecule has 1 aromatic carbocycles. The molecule has 0 radical (unpaired) electrons. The van der Waals surface area contributed by atoms with Gasteiger partial charge in [-0.05, 0) is 31.9 Å². The summed E-state index contributed by atoms with van der Waals surface area (Å²) in [6, 6.07) is 7.01. The van der Waals surface area contributed by atoms with Gasteiger partial charge in [0.2, 0.25) is 10.0 Å². The van der Waals surface area contributed by atoms with E-state index in [2.05, 4.69) is 15.1 Å². The van der Waals surface area contributed by atoms with Gasteiger partial charge < -0.3 is 0 Å². The number of benzene rings is 1. The summed E-state index contributed by atoms with van der Waals surface area (Å²) in [4.78, 5) is 9.09. The van der Waals surface area contributed by atoms with Crippen molar-refractivity contribution in [3.63, 3.8) is 0 Å². The van der Waals surface area contributed by atoms with E-state index in [4.69, 9.17) is 0 Å². The Hall–Kier alpha value is -2.32. The van der Waals surface area contributed by atoms with E-state index in [0.29, 0.717) is 18.0 Å². The van der Waals surface area contributed by atoms with E-state index in [0.717, 1.165) is 35.3 Å². The third kappa shape index (κ3) is 2.89. The van der Waals surface area contributed by atoms with E-state index in [9.17, 15) is 8.42 Å². The molecule has 0 aliphatic carbocycles. The molecular weight excluding hydrogens is 350 g/mol. The predicted octanol–water partition coefficient (Wildman–Crippen LogP) is 2.24. The molecule has 1 unspecified atom stereocenters. The van der Waals surface area contributed by atoms with Gasteiger partial charge in [-0.2, -0.15) is 9.40 Å². The molecule has 7 nitrogen and oxygen atoms in total. The van der Waals surface area contributed by atoms with Gasteiger partial charge in [-0.3, -0.25) is 0 Å². The minimum Gasteiger partial charge on any atom is -0.249 e. The Morgan fingerprint density at radius 1 is 1.12 bits per heavy atom. The van der Waals surface area contributed by atoms with Crippen LogP contribution < -0.4 is 0 Å². The number of sulfonamides is 1. The highest BCUT2D eigenvalue weighted by Gasteiger charge is 2.33. The maximum Gasteiger partial charge on any atom is 0.243 e. The van der Waals surface area contributed by atoms with Crippen LogP contribution in [-0.4, -0.2) is 45.6 Å². The second-order valence-electron chi connectivity index (χ2n) is 6.75. The number of nitrogens with zero attached hydrogens (tertiary/aromatic N) is 5. The molecule has 8 heteroatoms. The number of rotatable bonds is 3. The number of piperidine rings is 1. The summed E-state index contributed by atoms with van der Waals surface area (Å²) in [6.07, 6.45) is 4.98. The van der Waals surface area contributed by atoms with Crippen LogP contribution in [0.15, 0.2) is 41.6 Å². The molecule has 1 aliphatic heterocycles. The van der Waals surface area contributed by atoms with Crippen molar-refractivity contribution >= 4 is 21.2 Å². The second kappa shape index (κ2) is 6.44. The number of aromatic nitrogens is 4. The van der Waals surface area contributed by atoms with Crippen LogP contribution >= 0.6 is 0 Å². The fourth-order valence-electron chi connectivity index (χ4n) is 3.52. The molecule has 0 N–H and O–H groups in total. The average Bonchev–Trinajstić information content (AvgIpc) is 2.99. The van der Waals surface area contributed by atoms with E-state index in [1.54, 1.807) is 33.5 Å². The fraction of sp³-hybridized carbons (Fsp3) is 0.389. The highest BCUT2D eigenvalue weighted by atomic mass is 32.2. The Morgan fingerprint density at radius 2 is 1.85 bits per heavy atom. The first-order valence-electron chi connectivity index (χ1n) is 8.67. The van der Waals surface area contributed by atoms with Crippen molar-refractivity contribution in [1.29, 1.82) is 0 Å². The molecule has 1 aliphatic rings. The van der Waals surface area contributed by atoms with Crippen molar-refractivity contribution in [2.45, 2.75) is 30.6 Å². The van der Waals surface area contributed by atoms with Crippen molar-refractivity contribution < 1.29 is 8.42 Å². The van der Waals surface area contributed by atoms with E-state index >= 15 is 0 Å². The van der Waals surface area contributed by atoms with Gasteiger partial charge in [0.15, 0.2) is 5.65 Å². The van der Waals surface area contributed by atoms with Gasteiger partial charge >= 0.3 is 0 Å². The largest absolute Gasteiger partial charge is 0.249 e. The first-order valence-corrected chi connectivity index (χ1v) is 10.1. The Kier molecular flexibility index (Phi) is 4.24. The van der Waals surface area contributed by atoms with E-state index in [1.165, 1.54) is 0 Å². The summed E-state index contributed by atoms with van der Waals surface area (Å²) in [6.45, 7) is 2.89. The summed E-state index contributed by atoms with van der Waals surface area (Å²) < 4.78 is 29.3. The molecule has 1 saturated heterocycles. The van der Waals surface area contributed by atoms with Gasteiger partial charge in [0, 0.05) is 38.4 Å². The summed E-state index contributed by atoms with van der Waals surface area (Å²) in [5.74, 6) is 0.0179. The minimum absolute atomic E-state index is 0.0179. The van der Waals surface area contributed by atoms with Crippen molar-refractivity contribution in [2.24, 2.45) is 7.05 Å². The van der Waals surface area contributed by atoms with Gasteiger partial charge in [-0.15, -0.1) is 0 Å². The Balaban J connectivity index is 1.66. The molecule has 4 rings (SSSR count). The zero-order valence-electron chi connectivity index (χ0n) is 14.8. The van der Waals surface area contributed by atoms with Gasteiger partial charge in [0.05, 0.1) is 10.6 Å². The van der Waals surface area contributed by atoms with Crippen LogP contribution in [0.5, 0.6) is 0 Å². The van der Waals surface area contributed by atoms with Crippen molar-refractivity contribution in [2.75, 3.05) is 13.1 Å². The number of aryl methyl sites for hydroxylation is 2. The molecule has 3 aromatic rings. The van der Waals surface area contributed by atoms with E-state index < -0.39 is 10.0 Å². The first kappa shape index (κ1) is 17.1. The van der Waals surface area contributed by atoms with Gasteiger partial charge in [-0.1, -0.05) is 17.7 Å². The Morgan fingerprint density at radius 3 is 2.62 bits per heavy atom. The third-order valence-corrected chi connectivity index (χ3v) is 6.79. The quantitative estimate of drug-likeness (QED) is 0.705. The topological polar surface area (TPSA) is 81.0 Å². The molecule has 0 bridgehead atoms. The molecule has 0 spiro atoms. The molecule has 1 atom stereocenters. The lowest BCUT2D eigenvalue weighted by atomic mass is 9.96. The summed E-state index contributed by atoms with van der Waals surface area (Å²) >= 11 is 0. The normalized spacial score (nSPS) is 19.1. The fourth-order valence-corrected chi connectivity index (χ4v) is 5.05.